The fraction of sp³-hybridized carbons (Fsp3) is 0.316. The van der Waals surface area contributed by atoms with Crippen molar-refractivity contribution >= 4 is 34.4 Å². The predicted molar refractivity (Wildman–Crippen MR) is 106 cm³/mol. The molecule has 7 nitrogen and oxygen atoms in total. The molecule has 0 atom stereocenters. The third-order valence-electron chi connectivity index (χ3n) is 4.66. The molecule has 1 fully saturated rings. The summed E-state index contributed by atoms with van der Waals surface area (Å²) in [5, 5.41) is 0.648. The van der Waals surface area contributed by atoms with Gasteiger partial charge in [0.25, 0.3) is 0 Å². The van der Waals surface area contributed by atoms with Crippen molar-refractivity contribution in [2.45, 2.75) is 11.2 Å². The van der Waals surface area contributed by atoms with Crippen molar-refractivity contribution in [1.29, 1.82) is 0 Å². The van der Waals surface area contributed by atoms with E-state index in [1.54, 1.807) is 41.7 Å². The van der Waals surface area contributed by atoms with Gasteiger partial charge in [-0.05, 0) is 6.07 Å². The van der Waals surface area contributed by atoms with Crippen molar-refractivity contribution in [2.24, 2.45) is 0 Å². The molecule has 30 heavy (non-hydrogen) atoms. The molecular formula is C19H17F3N6OS. The number of aromatic nitrogens is 4. The standard InChI is InChI=1S/C19H17F3N6OS/c20-19(21,22)18-25-14-4-2-1-3-13(14)17(26-18)30-12-16(29)28-9-7-27(8-10-28)15-11-23-5-6-24-15/h1-6,11H,7-10,12H2. The Morgan fingerprint density at radius 2 is 1.83 bits per heavy atom. The average molecular weight is 434 g/mol. The molecule has 0 bridgehead atoms. The normalized spacial score (nSPS) is 14.9. The Kier molecular flexibility index (Phi) is 5.71. The van der Waals surface area contributed by atoms with Gasteiger partial charge in [-0.2, -0.15) is 13.2 Å². The lowest BCUT2D eigenvalue weighted by molar-refractivity contribution is -0.145. The van der Waals surface area contributed by atoms with E-state index in [1.165, 1.54) is 6.07 Å². The van der Waals surface area contributed by atoms with Crippen LogP contribution in [0.4, 0.5) is 19.0 Å². The number of alkyl halides is 3. The van der Waals surface area contributed by atoms with Crippen molar-refractivity contribution < 1.29 is 18.0 Å². The SMILES string of the molecule is O=C(CSc1nc(C(F)(F)F)nc2ccccc12)N1CCN(c2cnccn2)CC1. The van der Waals surface area contributed by atoms with Crippen LogP contribution in [0.15, 0.2) is 47.9 Å². The summed E-state index contributed by atoms with van der Waals surface area (Å²) in [6.45, 7) is 2.25. The van der Waals surface area contributed by atoms with Crippen LogP contribution in [0.25, 0.3) is 10.9 Å². The molecule has 0 aliphatic carbocycles. The summed E-state index contributed by atoms with van der Waals surface area (Å²) >= 11 is 1.00. The maximum absolute atomic E-state index is 13.1. The topological polar surface area (TPSA) is 75.1 Å². The molecule has 4 rings (SSSR count). The zero-order valence-electron chi connectivity index (χ0n) is 15.7. The van der Waals surface area contributed by atoms with Gasteiger partial charge in [0.05, 0.1) is 17.5 Å². The van der Waals surface area contributed by atoms with Gasteiger partial charge in [0.1, 0.15) is 10.8 Å². The van der Waals surface area contributed by atoms with Crippen LogP contribution in [-0.4, -0.2) is 62.7 Å². The lowest BCUT2D eigenvalue weighted by Crippen LogP contribution is -2.49. The van der Waals surface area contributed by atoms with E-state index in [9.17, 15) is 18.0 Å². The number of carbonyl (C=O) groups excluding carboxylic acids is 1. The third-order valence-corrected chi connectivity index (χ3v) is 5.64. The van der Waals surface area contributed by atoms with Gasteiger partial charge in [-0.3, -0.25) is 9.78 Å². The van der Waals surface area contributed by atoms with Crippen LogP contribution in [0.1, 0.15) is 5.82 Å². The molecule has 3 heterocycles. The number of benzene rings is 1. The molecule has 2 aromatic heterocycles. The Hall–Kier alpha value is -2.95. The smallest absolute Gasteiger partial charge is 0.352 e. The Morgan fingerprint density at radius 1 is 1.07 bits per heavy atom. The highest BCUT2D eigenvalue weighted by atomic mass is 32.2. The average Bonchev–Trinajstić information content (AvgIpc) is 2.77. The molecule has 0 unspecified atom stereocenters. The fourth-order valence-electron chi connectivity index (χ4n) is 3.15. The molecule has 0 spiro atoms. The van der Waals surface area contributed by atoms with Crippen LogP contribution in [0.2, 0.25) is 0 Å². The van der Waals surface area contributed by atoms with Gasteiger partial charge in [-0.1, -0.05) is 30.0 Å². The van der Waals surface area contributed by atoms with Gasteiger partial charge in [0.2, 0.25) is 11.7 Å². The van der Waals surface area contributed by atoms with Crippen LogP contribution in [-0.2, 0) is 11.0 Å². The van der Waals surface area contributed by atoms with Crippen LogP contribution >= 0.6 is 11.8 Å². The number of halogens is 3. The molecule has 1 amide bonds. The quantitative estimate of drug-likeness (QED) is 0.462. The molecule has 156 valence electrons. The van der Waals surface area contributed by atoms with E-state index in [1.807, 2.05) is 4.90 Å². The molecule has 1 aromatic carbocycles. The number of nitrogens with zero attached hydrogens (tertiary/aromatic N) is 6. The predicted octanol–water partition coefficient (Wildman–Crippen LogP) is 2.88. The second-order valence-corrected chi connectivity index (χ2v) is 7.55. The van der Waals surface area contributed by atoms with Crippen LogP contribution < -0.4 is 4.90 Å². The van der Waals surface area contributed by atoms with Crippen molar-refractivity contribution in [2.75, 3.05) is 36.8 Å². The summed E-state index contributed by atoms with van der Waals surface area (Å²) in [6.07, 6.45) is 0.234. The molecule has 0 N–H and O–H groups in total. The number of hydrogen-bond donors (Lipinski definition) is 0. The van der Waals surface area contributed by atoms with Gasteiger partial charge >= 0.3 is 6.18 Å². The molecule has 0 saturated carbocycles. The number of hydrogen-bond acceptors (Lipinski definition) is 7. The molecular weight excluding hydrogens is 417 g/mol. The van der Waals surface area contributed by atoms with Crippen LogP contribution in [0, 0.1) is 0 Å². The van der Waals surface area contributed by atoms with Gasteiger partial charge < -0.3 is 9.80 Å². The molecule has 11 heteroatoms. The van der Waals surface area contributed by atoms with Crippen LogP contribution in [0.5, 0.6) is 0 Å². The molecule has 3 aromatic rings. The largest absolute Gasteiger partial charge is 0.451 e. The van der Waals surface area contributed by atoms with Crippen LogP contribution in [0.3, 0.4) is 0 Å². The minimum atomic E-state index is -4.65. The maximum Gasteiger partial charge on any atom is 0.451 e. The van der Waals surface area contributed by atoms with Crippen molar-refractivity contribution in [3.8, 4) is 0 Å². The monoisotopic (exact) mass is 434 g/mol. The van der Waals surface area contributed by atoms with E-state index in [2.05, 4.69) is 19.9 Å². The first-order valence-corrected chi connectivity index (χ1v) is 10.2. The number of rotatable bonds is 4. The fourth-order valence-corrected chi connectivity index (χ4v) is 4.07. The summed E-state index contributed by atoms with van der Waals surface area (Å²) < 4.78 is 39.4. The second-order valence-electron chi connectivity index (χ2n) is 6.59. The first kappa shape index (κ1) is 20.3. The Balaban J connectivity index is 1.42. The molecule has 1 aliphatic heterocycles. The highest BCUT2D eigenvalue weighted by Crippen LogP contribution is 2.32. The number of carbonyl (C=O) groups is 1. The van der Waals surface area contributed by atoms with E-state index >= 15 is 0 Å². The van der Waals surface area contributed by atoms with Gasteiger partial charge in [-0.15, -0.1) is 0 Å². The first-order valence-electron chi connectivity index (χ1n) is 9.17. The molecule has 1 aliphatic rings. The minimum Gasteiger partial charge on any atom is -0.352 e. The van der Waals surface area contributed by atoms with E-state index in [0.29, 0.717) is 31.6 Å². The minimum absolute atomic E-state index is 0.00342. The highest BCUT2D eigenvalue weighted by molar-refractivity contribution is 8.00. The summed E-state index contributed by atoms with van der Waals surface area (Å²) in [5.41, 5.74) is 0.201. The van der Waals surface area contributed by atoms with E-state index in [-0.39, 0.29) is 22.2 Å². The summed E-state index contributed by atoms with van der Waals surface area (Å²) in [5.74, 6) is -0.585. The van der Waals surface area contributed by atoms with E-state index in [4.69, 9.17) is 0 Å². The van der Waals surface area contributed by atoms with Crippen molar-refractivity contribution in [3.63, 3.8) is 0 Å². The number of anilines is 1. The Bertz CT molecular complexity index is 1040. The second kappa shape index (κ2) is 8.42. The lowest BCUT2D eigenvalue weighted by atomic mass is 10.2. The summed E-state index contributed by atoms with van der Waals surface area (Å²) in [6, 6.07) is 6.48. The number of thioether (sulfide) groups is 1. The maximum atomic E-state index is 13.1. The van der Waals surface area contributed by atoms with Crippen molar-refractivity contribution in [1.82, 2.24) is 24.8 Å². The zero-order valence-corrected chi connectivity index (χ0v) is 16.5. The third kappa shape index (κ3) is 4.45. The van der Waals surface area contributed by atoms with Gasteiger partial charge in [0, 0.05) is 44.0 Å². The Labute approximate surface area is 174 Å². The number of para-hydroxylation sites is 1. The Morgan fingerprint density at radius 3 is 2.53 bits per heavy atom. The molecule has 1 saturated heterocycles. The first-order chi connectivity index (χ1) is 14.4. The van der Waals surface area contributed by atoms with E-state index < -0.39 is 12.0 Å². The van der Waals surface area contributed by atoms with Gasteiger partial charge in [-0.25, -0.2) is 15.0 Å². The van der Waals surface area contributed by atoms with Gasteiger partial charge in [0.15, 0.2) is 0 Å². The lowest BCUT2D eigenvalue weighted by Gasteiger charge is -2.35. The zero-order chi connectivity index (χ0) is 21.1. The van der Waals surface area contributed by atoms with E-state index in [0.717, 1.165) is 17.6 Å². The number of amides is 1. The number of fused-ring (bicyclic) bond motifs is 1. The van der Waals surface area contributed by atoms with Crippen molar-refractivity contribution in [3.05, 3.63) is 48.7 Å². The highest BCUT2D eigenvalue weighted by Gasteiger charge is 2.35. The summed E-state index contributed by atoms with van der Waals surface area (Å²) in [7, 11) is 0. The summed E-state index contributed by atoms with van der Waals surface area (Å²) in [4.78, 5) is 31.9. The molecule has 0 radical (unpaired) electrons. The number of piperazine rings is 1.